The van der Waals surface area contributed by atoms with Gasteiger partial charge < -0.3 is 15.0 Å². The van der Waals surface area contributed by atoms with Crippen LogP contribution in [0.15, 0.2) is 18.2 Å². The molecule has 0 heterocycles. The van der Waals surface area contributed by atoms with Gasteiger partial charge in [0.1, 0.15) is 5.82 Å². The van der Waals surface area contributed by atoms with Crippen LogP contribution >= 0.6 is 0 Å². The highest BCUT2D eigenvalue weighted by Crippen LogP contribution is 2.25. The fraction of sp³-hybridized carbons (Fsp3) is 0.647. The van der Waals surface area contributed by atoms with E-state index in [9.17, 15) is 4.39 Å². The minimum absolute atomic E-state index is 0.0469. The van der Waals surface area contributed by atoms with Crippen molar-refractivity contribution in [3.05, 3.63) is 29.6 Å². The van der Waals surface area contributed by atoms with E-state index < -0.39 is 0 Å². The summed E-state index contributed by atoms with van der Waals surface area (Å²) in [7, 11) is 1.69. The Hall–Kier alpha value is -1.13. The van der Waals surface area contributed by atoms with Gasteiger partial charge in [0.05, 0.1) is 6.61 Å². The summed E-state index contributed by atoms with van der Waals surface area (Å²) in [6, 6.07) is 5.57. The molecule has 0 radical (unpaired) electrons. The lowest BCUT2D eigenvalue weighted by atomic mass is 10.1. The predicted octanol–water partition coefficient (Wildman–Crippen LogP) is 3.58. The van der Waals surface area contributed by atoms with Crippen molar-refractivity contribution in [1.29, 1.82) is 0 Å². The van der Waals surface area contributed by atoms with Crippen LogP contribution in [0, 0.1) is 5.82 Å². The Kier molecular flexibility index (Phi) is 6.62. The highest BCUT2D eigenvalue weighted by atomic mass is 19.1. The van der Waals surface area contributed by atoms with Gasteiger partial charge >= 0.3 is 0 Å². The summed E-state index contributed by atoms with van der Waals surface area (Å²) in [6.45, 7) is 12.4. The van der Waals surface area contributed by atoms with Gasteiger partial charge in [-0.05, 0) is 46.8 Å². The van der Waals surface area contributed by atoms with E-state index in [-0.39, 0.29) is 17.4 Å². The van der Waals surface area contributed by atoms with Crippen molar-refractivity contribution in [3.63, 3.8) is 0 Å². The van der Waals surface area contributed by atoms with Gasteiger partial charge in [-0.15, -0.1) is 0 Å². The number of hydrogen-bond acceptors (Lipinski definition) is 3. The summed E-state index contributed by atoms with van der Waals surface area (Å²) in [6.07, 6.45) is 0. The molecule has 0 atom stereocenters. The Balaban J connectivity index is 3.06. The molecule has 4 heteroatoms. The smallest absolute Gasteiger partial charge is 0.129 e. The van der Waals surface area contributed by atoms with E-state index in [4.69, 9.17) is 4.74 Å². The third-order valence-corrected chi connectivity index (χ3v) is 3.36. The molecule has 21 heavy (non-hydrogen) atoms. The van der Waals surface area contributed by atoms with Crippen molar-refractivity contribution < 1.29 is 9.13 Å². The average Bonchev–Trinajstić information content (AvgIpc) is 2.36. The van der Waals surface area contributed by atoms with Crippen LogP contribution in [0.1, 0.15) is 40.2 Å². The molecular weight excluding hydrogens is 267 g/mol. The molecule has 0 fully saturated rings. The van der Waals surface area contributed by atoms with E-state index in [0.29, 0.717) is 13.2 Å². The number of benzene rings is 1. The Bertz CT molecular complexity index is 441. The number of hydrogen-bond donors (Lipinski definition) is 1. The molecule has 1 aromatic carbocycles. The fourth-order valence-electron chi connectivity index (χ4n) is 2.19. The maximum absolute atomic E-state index is 14.3. The molecule has 120 valence electrons. The van der Waals surface area contributed by atoms with Crippen molar-refractivity contribution >= 4 is 5.69 Å². The van der Waals surface area contributed by atoms with Crippen LogP contribution in [-0.2, 0) is 11.3 Å². The summed E-state index contributed by atoms with van der Waals surface area (Å²) < 4.78 is 19.5. The zero-order valence-electron chi connectivity index (χ0n) is 14.2. The number of anilines is 1. The molecule has 0 aliphatic carbocycles. The van der Waals surface area contributed by atoms with Gasteiger partial charge in [0.25, 0.3) is 0 Å². The first-order chi connectivity index (χ1) is 9.76. The number of nitrogens with one attached hydrogen (secondary N) is 1. The molecule has 0 aliphatic rings. The van der Waals surface area contributed by atoms with Gasteiger partial charge in [0.2, 0.25) is 0 Å². The highest BCUT2D eigenvalue weighted by molar-refractivity contribution is 5.55. The Morgan fingerprint density at radius 3 is 2.48 bits per heavy atom. The quantitative estimate of drug-likeness (QED) is 0.832. The number of methoxy groups -OCH3 is 1. The second-order valence-electron chi connectivity index (χ2n) is 6.62. The van der Waals surface area contributed by atoms with Crippen molar-refractivity contribution in [2.75, 3.05) is 25.2 Å². The van der Waals surface area contributed by atoms with E-state index in [0.717, 1.165) is 17.8 Å². The third kappa shape index (κ3) is 5.64. The monoisotopic (exact) mass is 296 g/mol. The van der Waals surface area contributed by atoms with Gasteiger partial charge in [0.15, 0.2) is 0 Å². The normalized spacial score (nSPS) is 12.0. The Morgan fingerprint density at radius 2 is 1.95 bits per heavy atom. The largest absolute Gasteiger partial charge is 0.383 e. The zero-order valence-corrected chi connectivity index (χ0v) is 14.2. The third-order valence-electron chi connectivity index (χ3n) is 3.36. The number of nitrogens with zero attached hydrogens (tertiary/aromatic N) is 1. The molecular formula is C17H29FN2O. The van der Waals surface area contributed by atoms with Crippen LogP contribution in [-0.4, -0.2) is 31.8 Å². The predicted molar refractivity (Wildman–Crippen MR) is 87.4 cm³/mol. The molecule has 0 amide bonds. The van der Waals surface area contributed by atoms with Crippen molar-refractivity contribution in [1.82, 2.24) is 5.32 Å². The van der Waals surface area contributed by atoms with Crippen LogP contribution in [0.2, 0.25) is 0 Å². The topological polar surface area (TPSA) is 24.5 Å². The zero-order chi connectivity index (χ0) is 16.0. The number of halogens is 1. The van der Waals surface area contributed by atoms with Gasteiger partial charge in [-0.3, -0.25) is 0 Å². The van der Waals surface area contributed by atoms with Crippen molar-refractivity contribution in [2.24, 2.45) is 0 Å². The number of rotatable bonds is 7. The second-order valence-corrected chi connectivity index (χ2v) is 6.62. The van der Waals surface area contributed by atoms with Crippen LogP contribution < -0.4 is 10.2 Å². The summed E-state index contributed by atoms with van der Waals surface area (Å²) >= 11 is 0. The maximum atomic E-state index is 14.3. The van der Waals surface area contributed by atoms with E-state index in [1.54, 1.807) is 13.2 Å². The number of ether oxygens (including phenoxy) is 1. The average molecular weight is 296 g/mol. The lowest BCUT2D eigenvalue weighted by molar-refractivity contribution is 0.203. The second kappa shape index (κ2) is 7.76. The molecule has 0 aliphatic heterocycles. The molecule has 1 rings (SSSR count). The van der Waals surface area contributed by atoms with Crippen LogP contribution in [0.25, 0.3) is 0 Å². The molecule has 0 saturated carbocycles. The van der Waals surface area contributed by atoms with Gasteiger partial charge in [0, 0.05) is 43.0 Å². The lowest BCUT2D eigenvalue weighted by Gasteiger charge is -2.32. The van der Waals surface area contributed by atoms with Gasteiger partial charge in [-0.1, -0.05) is 6.07 Å². The molecule has 0 spiro atoms. The molecule has 1 N–H and O–H groups in total. The maximum Gasteiger partial charge on any atom is 0.129 e. The van der Waals surface area contributed by atoms with E-state index in [1.165, 1.54) is 6.07 Å². The van der Waals surface area contributed by atoms with Crippen LogP contribution in [0.3, 0.4) is 0 Å². The van der Waals surface area contributed by atoms with Crippen molar-refractivity contribution in [2.45, 2.75) is 52.7 Å². The molecule has 0 bridgehead atoms. The summed E-state index contributed by atoms with van der Waals surface area (Å²) in [4.78, 5) is 2.19. The van der Waals surface area contributed by atoms with E-state index >= 15 is 0 Å². The molecule has 1 aromatic rings. The fourth-order valence-corrected chi connectivity index (χ4v) is 2.19. The SMILES string of the molecule is COCCN(c1cccc(F)c1CNC(C)(C)C)C(C)C. The first-order valence-electron chi connectivity index (χ1n) is 7.54. The molecule has 0 saturated heterocycles. The standard InChI is InChI=1S/C17H29FN2O/c1-13(2)20(10-11-21-6)16-9-7-8-15(18)14(16)12-19-17(3,4)5/h7-9,13,19H,10-12H2,1-6H3. The highest BCUT2D eigenvalue weighted by Gasteiger charge is 2.18. The summed E-state index contributed by atoms with van der Waals surface area (Å²) in [5.41, 5.74) is 1.62. The van der Waals surface area contributed by atoms with Gasteiger partial charge in [-0.2, -0.15) is 0 Å². The minimum Gasteiger partial charge on any atom is -0.383 e. The minimum atomic E-state index is -0.160. The van der Waals surface area contributed by atoms with Crippen LogP contribution in [0.4, 0.5) is 10.1 Å². The Labute approximate surface area is 128 Å². The summed E-state index contributed by atoms with van der Waals surface area (Å²) in [5.74, 6) is -0.160. The molecule has 3 nitrogen and oxygen atoms in total. The van der Waals surface area contributed by atoms with Crippen LogP contribution in [0.5, 0.6) is 0 Å². The Morgan fingerprint density at radius 1 is 1.29 bits per heavy atom. The van der Waals surface area contributed by atoms with E-state index in [1.807, 2.05) is 6.07 Å². The van der Waals surface area contributed by atoms with Crippen molar-refractivity contribution in [3.8, 4) is 0 Å². The molecule has 0 unspecified atom stereocenters. The summed E-state index contributed by atoms with van der Waals surface area (Å²) in [5, 5.41) is 3.37. The first-order valence-corrected chi connectivity index (χ1v) is 7.54. The van der Waals surface area contributed by atoms with E-state index in [2.05, 4.69) is 44.8 Å². The first kappa shape index (κ1) is 17.9. The lowest BCUT2D eigenvalue weighted by Crippen LogP contribution is -2.38. The molecule has 0 aromatic heterocycles. The van der Waals surface area contributed by atoms with Gasteiger partial charge in [-0.25, -0.2) is 4.39 Å².